The Labute approximate surface area is 166 Å². The molecule has 3 aromatic rings. The molecule has 140 valence electrons. The van der Waals surface area contributed by atoms with Crippen LogP contribution in [-0.2, 0) is 6.54 Å². The first-order valence-corrected chi connectivity index (χ1v) is 10.3. The van der Waals surface area contributed by atoms with E-state index in [0.29, 0.717) is 6.04 Å². The second-order valence-electron chi connectivity index (χ2n) is 7.52. The van der Waals surface area contributed by atoms with Crippen LogP contribution in [0.5, 0.6) is 0 Å². The van der Waals surface area contributed by atoms with Crippen LogP contribution in [0.1, 0.15) is 43.2 Å². The molecule has 2 N–H and O–H groups in total. The van der Waals surface area contributed by atoms with Crippen LogP contribution in [0.25, 0.3) is 10.9 Å². The van der Waals surface area contributed by atoms with Crippen molar-refractivity contribution in [3.8, 4) is 0 Å². The van der Waals surface area contributed by atoms with E-state index in [-0.39, 0.29) is 0 Å². The molecule has 0 bridgehead atoms. The van der Waals surface area contributed by atoms with E-state index in [4.69, 9.17) is 12.2 Å². The summed E-state index contributed by atoms with van der Waals surface area (Å²) >= 11 is 5.90. The Kier molecular flexibility index (Phi) is 5.44. The van der Waals surface area contributed by atoms with Crippen LogP contribution < -0.4 is 5.32 Å². The third-order valence-electron chi connectivity index (χ3n) is 5.68. The summed E-state index contributed by atoms with van der Waals surface area (Å²) in [6.07, 6.45) is 8.51. The van der Waals surface area contributed by atoms with Gasteiger partial charge in [-0.1, -0.05) is 55.7 Å². The summed E-state index contributed by atoms with van der Waals surface area (Å²) in [6, 6.07) is 17.4. The Hall–Kier alpha value is -2.33. The van der Waals surface area contributed by atoms with Gasteiger partial charge in [0.1, 0.15) is 0 Å². The smallest absolute Gasteiger partial charge is 0.173 e. The van der Waals surface area contributed by atoms with Crippen LogP contribution in [0.4, 0.5) is 5.69 Å². The summed E-state index contributed by atoms with van der Waals surface area (Å²) in [5, 5.41) is 5.64. The normalized spacial score (nSPS) is 15.0. The Balaban J connectivity index is 1.60. The lowest BCUT2D eigenvalue weighted by Crippen LogP contribution is -2.43. The van der Waals surface area contributed by atoms with E-state index in [2.05, 4.69) is 76.9 Å². The number of benzene rings is 2. The lowest BCUT2D eigenvalue weighted by Gasteiger charge is -2.36. The first-order valence-electron chi connectivity index (χ1n) is 9.90. The number of H-pyrrole nitrogens is 1. The van der Waals surface area contributed by atoms with Crippen LogP contribution in [0.2, 0.25) is 0 Å². The second kappa shape index (κ2) is 8.13. The average Bonchev–Trinajstić information content (AvgIpc) is 3.11. The third-order valence-corrected chi connectivity index (χ3v) is 6.02. The van der Waals surface area contributed by atoms with Gasteiger partial charge in [0.05, 0.1) is 0 Å². The van der Waals surface area contributed by atoms with Gasteiger partial charge in [-0.3, -0.25) is 0 Å². The molecule has 1 saturated carbocycles. The minimum absolute atomic E-state index is 0.511. The molecule has 0 amide bonds. The fourth-order valence-corrected chi connectivity index (χ4v) is 4.43. The second-order valence-corrected chi connectivity index (χ2v) is 7.91. The average molecular weight is 378 g/mol. The summed E-state index contributed by atoms with van der Waals surface area (Å²) in [4.78, 5) is 5.82. The van der Waals surface area contributed by atoms with E-state index in [1.807, 2.05) is 0 Å². The summed E-state index contributed by atoms with van der Waals surface area (Å²) in [6.45, 7) is 2.96. The Morgan fingerprint density at radius 1 is 1.07 bits per heavy atom. The molecule has 1 fully saturated rings. The summed E-state index contributed by atoms with van der Waals surface area (Å²) in [5.41, 5.74) is 4.82. The number of hydrogen-bond donors (Lipinski definition) is 2. The fourth-order valence-electron chi connectivity index (χ4n) is 4.11. The molecule has 1 aliphatic carbocycles. The molecule has 1 heterocycles. The number of nitrogens with zero attached hydrogens (tertiary/aromatic N) is 1. The zero-order valence-electron chi connectivity index (χ0n) is 15.9. The third kappa shape index (κ3) is 4.01. The highest BCUT2D eigenvalue weighted by Crippen LogP contribution is 2.27. The van der Waals surface area contributed by atoms with Gasteiger partial charge in [-0.15, -0.1) is 0 Å². The fraction of sp³-hybridized carbons (Fsp3) is 0.348. The van der Waals surface area contributed by atoms with Gasteiger partial charge in [-0.2, -0.15) is 0 Å². The lowest BCUT2D eigenvalue weighted by molar-refractivity contribution is 0.241. The minimum Gasteiger partial charge on any atom is -0.361 e. The molecule has 0 aliphatic heterocycles. The number of rotatable bonds is 4. The molecule has 1 aliphatic rings. The van der Waals surface area contributed by atoms with E-state index in [0.717, 1.165) is 17.3 Å². The Bertz CT molecular complexity index is 924. The number of nitrogens with one attached hydrogen (secondary N) is 2. The number of anilines is 1. The zero-order valence-corrected chi connectivity index (χ0v) is 16.7. The molecule has 27 heavy (non-hydrogen) atoms. The molecule has 3 nitrogen and oxygen atoms in total. The largest absolute Gasteiger partial charge is 0.361 e. The van der Waals surface area contributed by atoms with Crippen molar-refractivity contribution in [1.82, 2.24) is 9.88 Å². The Morgan fingerprint density at radius 3 is 2.63 bits per heavy atom. The number of thiocarbonyl (C=S) groups is 1. The van der Waals surface area contributed by atoms with Gasteiger partial charge in [0.25, 0.3) is 0 Å². The highest BCUT2D eigenvalue weighted by molar-refractivity contribution is 7.80. The van der Waals surface area contributed by atoms with Crippen molar-refractivity contribution in [2.24, 2.45) is 0 Å². The number of aromatic amines is 1. The monoisotopic (exact) mass is 377 g/mol. The Morgan fingerprint density at radius 2 is 1.81 bits per heavy atom. The van der Waals surface area contributed by atoms with Crippen LogP contribution in [0.15, 0.2) is 54.7 Å². The van der Waals surface area contributed by atoms with Crippen LogP contribution in [-0.4, -0.2) is 21.0 Å². The van der Waals surface area contributed by atoms with E-state index in [9.17, 15) is 0 Å². The molecule has 0 radical (unpaired) electrons. The van der Waals surface area contributed by atoms with Gasteiger partial charge >= 0.3 is 0 Å². The number of aryl methyl sites for hydroxylation is 1. The summed E-state index contributed by atoms with van der Waals surface area (Å²) < 4.78 is 0. The van der Waals surface area contributed by atoms with Crippen molar-refractivity contribution in [2.45, 2.75) is 51.6 Å². The van der Waals surface area contributed by atoms with Gasteiger partial charge in [0.2, 0.25) is 0 Å². The molecule has 0 saturated heterocycles. The topological polar surface area (TPSA) is 31.1 Å². The molecular weight excluding hydrogens is 350 g/mol. The molecule has 1 aromatic heterocycles. The summed E-state index contributed by atoms with van der Waals surface area (Å²) in [7, 11) is 0. The molecule has 4 heteroatoms. The highest BCUT2D eigenvalue weighted by atomic mass is 32.1. The number of aromatic nitrogens is 1. The predicted molar refractivity (Wildman–Crippen MR) is 118 cm³/mol. The molecule has 4 rings (SSSR count). The molecule has 0 unspecified atom stereocenters. The van der Waals surface area contributed by atoms with E-state index >= 15 is 0 Å². The van der Waals surface area contributed by atoms with Crippen molar-refractivity contribution in [2.75, 3.05) is 5.32 Å². The zero-order chi connectivity index (χ0) is 18.6. The van der Waals surface area contributed by atoms with Crippen molar-refractivity contribution < 1.29 is 0 Å². The van der Waals surface area contributed by atoms with E-state index < -0.39 is 0 Å². The number of para-hydroxylation sites is 2. The summed E-state index contributed by atoms with van der Waals surface area (Å²) in [5.74, 6) is 0. The quantitative estimate of drug-likeness (QED) is 0.546. The van der Waals surface area contributed by atoms with E-state index in [1.54, 1.807) is 0 Å². The van der Waals surface area contributed by atoms with Crippen molar-refractivity contribution in [3.05, 3.63) is 65.9 Å². The predicted octanol–water partition coefficient (Wildman–Crippen LogP) is 6.01. The number of hydrogen-bond acceptors (Lipinski definition) is 1. The molecule has 2 aromatic carbocycles. The maximum Gasteiger partial charge on any atom is 0.173 e. The van der Waals surface area contributed by atoms with Gasteiger partial charge < -0.3 is 15.2 Å². The van der Waals surface area contributed by atoms with Crippen LogP contribution >= 0.6 is 12.2 Å². The van der Waals surface area contributed by atoms with Gasteiger partial charge in [0, 0.05) is 35.4 Å². The van der Waals surface area contributed by atoms with Gasteiger partial charge in [0.15, 0.2) is 5.11 Å². The van der Waals surface area contributed by atoms with Crippen molar-refractivity contribution in [1.29, 1.82) is 0 Å². The SMILES string of the molecule is Cc1ccccc1NC(=S)N(Cc1c[nH]c2ccccc12)C1CCCCC1. The van der Waals surface area contributed by atoms with Crippen LogP contribution in [0.3, 0.4) is 0 Å². The maximum atomic E-state index is 5.90. The maximum absolute atomic E-state index is 5.90. The van der Waals surface area contributed by atoms with Crippen molar-refractivity contribution >= 4 is 33.9 Å². The number of fused-ring (bicyclic) bond motifs is 1. The first kappa shape index (κ1) is 18.1. The molecule has 0 spiro atoms. The van der Waals surface area contributed by atoms with E-state index in [1.165, 1.54) is 54.1 Å². The molecular formula is C23H27N3S. The highest BCUT2D eigenvalue weighted by Gasteiger charge is 2.24. The van der Waals surface area contributed by atoms with Gasteiger partial charge in [-0.05, 0) is 55.2 Å². The van der Waals surface area contributed by atoms with Crippen molar-refractivity contribution in [3.63, 3.8) is 0 Å². The standard InChI is InChI=1S/C23H27N3S/c1-17-9-5-7-13-21(17)25-23(27)26(19-10-3-2-4-11-19)16-18-15-24-22-14-8-6-12-20(18)22/h5-9,12-15,19,24H,2-4,10-11,16H2,1H3,(H,25,27). The van der Waals surface area contributed by atoms with Gasteiger partial charge in [-0.25, -0.2) is 0 Å². The van der Waals surface area contributed by atoms with Crippen LogP contribution in [0, 0.1) is 6.92 Å². The molecule has 0 atom stereocenters. The first-order chi connectivity index (χ1) is 13.2. The minimum atomic E-state index is 0.511. The lowest BCUT2D eigenvalue weighted by atomic mass is 9.94.